The van der Waals surface area contributed by atoms with Gasteiger partial charge in [-0.05, 0) is 36.8 Å². The Balaban J connectivity index is 1.68. The first-order chi connectivity index (χ1) is 13.3. The van der Waals surface area contributed by atoms with Crippen molar-refractivity contribution in [3.8, 4) is 5.75 Å². The number of aromatic nitrogens is 3. The van der Waals surface area contributed by atoms with E-state index >= 15 is 0 Å². The Hall–Kier alpha value is -3.21. The Bertz CT molecular complexity index is 982. The highest BCUT2D eigenvalue weighted by Gasteiger charge is 2.49. The van der Waals surface area contributed by atoms with Gasteiger partial charge in [0.15, 0.2) is 10.6 Å². The van der Waals surface area contributed by atoms with Crippen molar-refractivity contribution in [2.24, 2.45) is 7.05 Å². The van der Waals surface area contributed by atoms with E-state index in [9.17, 15) is 14.4 Å². The third-order valence-electron chi connectivity index (χ3n) is 4.66. The predicted molar refractivity (Wildman–Crippen MR) is 101 cm³/mol. The van der Waals surface area contributed by atoms with Gasteiger partial charge in [-0.15, -0.1) is 0 Å². The molecule has 3 N–H and O–H groups in total. The topological polar surface area (TPSA) is 121 Å². The number of urea groups is 1. The molecule has 10 nitrogen and oxygen atoms in total. The number of ether oxygens (including phenoxy) is 1. The maximum absolute atomic E-state index is 12.9. The third-order valence-corrected chi connectivity index (χ3v) is 5.03. The van der Waals surface area contributed by atoms with Gasteiger partial charge in [0, 0.05) is 7.05 Å². The van der Waals surface area contributed by atoms with E-state index in [0.717, 1.165) is 4.90 Å². The molecule has 1 atom stereocenters. The molecular weight excluding hydrogens is 384 g/mol. The van der Waals surface area contributed by atoms with Crippen LogP contribution >= 0.6 is 12.2 Å². The van der Waals surface area contributed by atoms with Gasteiger partial charge in [-0.2, -0.15) is 5.10 Å². The molecule has 11 heteroatoms. The summed E-state index contributed by atoms with van der Waals surface area (Å²) in [5.41, 5.74) is -0.661. The monoisotopic (exact) mass is 404 g/mol. The molecule has 1 aliphatic heterocycles. The van der Waals surface area contributed by atoms with E-state index in [1.807, 2.05) is 0 Å². The summed E-state index contributed by atoms with van der Waals surface area (Å²) in [6.45, 7) is 1.31. The van der Waals surface area contributed by atoms with Crippen LogP contribution < -0.4 is 15.4 Å². The first-order valence-electron chi connectivity index (χ1n) is 8.42. The van der Waals surface area contributed by atoms with Gasteiger partial charge in [-0.1, -0.05) is 12.1 Å². The van der Waals surface area contributed by atoms with Crippen molar-refractivity contribution in [3.05, 3.63) is 40.4 Å². The Morgan fingerprint density at radius 1 is 1.32 bits per heavy atom. The minimum atomic E-state index is -1.25. The lowest BCUT2D eigenvalue weighted by atomic mass is 9.92. The zero-order valence-corrected chi connectivity index (χ0v) is 16.4. The van der Waals surface area contributed by atoms with E-state index < -0.39 is 29.9 Å². The number of hydrogen-bond donors (Lipinski definition) is 3. The van der Waals surface area contributed by atoms with Crippen LogP contribution in [0.15, 0.2) is 24.3 Å². The molecule has 0 spiro atoms. The maximum Gasteiger partial charge on any atom is 0.325 e. The van der Waals surface area contributed by atoms with Gasteiger partial charge in [0.25, 0.3) is 5.91 Å². The minimum Gasteiger partial charge on any atom is -0.497 e. The molecule has 2 aromatic rings. The van der Waals surface area contributed by atoms with Crippen LogP contribution in [-0.2, 0) is 28.7 Å². The number of aromatic amines is 1. The van der Waals surface area contributed by atoms with Crippen LogP contribution in [-0.4, -0.2) is 51.2 Å². The Kier molecular flexibility index (Phi) is 5.18. The van der Waals surface area contributed by atoms with Gasteiger partial charge in [-0.25, -0.2) is 4.79 Å². The van der Waals surface area contributed by atoms with Crippen molar-refractivity contribution in [2.45, 2.75) is 19.0 Å². The standard InChI is InChI=1S/C17H20N6O4S/c1-17(10-4-6-11(27-3)7-5-10)14(25)23(15(26)19-17)9-13(24)18-8-12-20-21-16(28)22(12)2/h4-7H,8-9H2,1-3H3,(H,18,24)(H,19,26)(H,21,28). The van der Waals surface area contributed by atoms with Crippen molar-refractivity contribution in [1.82, 2.24) is 30.3 Å². The first kappa shape index (κ1) is 19.5. The normalized spacial score (nSPS) is 18.9. The molecule has 0 bridgehead atoms. The number of benzene rings is 1. The summed E-state index contributed by atoms with van der Waals surface area (Å²) in [6, 6.07) is 6.17. The molecule has 1 aromatic carbocycles. The summed E-state index contributed by atoms with van der Waals surface area (Å²) in [5, 5.41) is 11.9. The molecule has 1 unspecified atom stereocenters. The molecular formula is C17H20N6O4S. The summed E-state index contributed by atoms with van der Waals surface area (Å²) in [6.07, 6.45) is 0. The van der Waals surface area contributed by atoms with Gasteiger partial charge in [-0.3, -0.25) is 19.6 Å². The molecule has 0 radical (unpaired) electrons. The zero-order valence-electron chi connectivity index (χ0n) is 15.6. The first-order valence-corrected chi connectivity index (χ1v) is 8.82. The number of rotatable bonds is 6. The number of amides is 4. The van der Waals surface area contributed by atoms with E-state index in [0.29, 0.717) is 21.9 Å². The number of hydrogen-bond acceptors (Lipinski definition) is 6. The number of imide groups is 1. The molecule has 4 amide bonds. The van der Waals surface area contributed by atoms with E-state index in [1.54, 1.807) is 42.8 Å². The second-order valence-electron chi connectivity index (χ2n) is 6.46. The van der Waals surface area contributed by atoms with Crippen LogP contribution in [0.5, 0.6) is 5.75 Å². The van der Waals surface area contributed by atoms with Gasteiger partial charge in [0.2, 0.25) is 5.91 Å². The quantitative estimate of drug-likeness (QED) is 0.478. The average molecular weight is 404 g/mol. The Morgan fingerprint density at radius 3 is 2.57 bits per heavy atom. The van der Waals surface area contributed by atoms with Crippen LogP contribution in [0, 0.1) is 4.77 Å². The molecule has 1 aliphatic rings. The second-order valence-corrected chi connectivity index (χ2v) is 6.84. The summed E-state index contributed by atoms with van der Waals surface area (Å²) in [4.78, 5) is 38.3. The molecule has 1 aromatic heterocycles. The molecule has 148 valence electrons. The predicted octanol–water partition coefficient (Wildman–Crippen LogP) is 0.570. The SMILES string of the molecule is COc1ccc(C2(C)NC(=O)N(CC(=O)NCc3n[nH]c(=S)n3C)C2=O)cc1. The Morgan fingerprint density at radius 2 is 2.00 bits per heavy atom. The Labute approximate surface area is 165 Å². The van der Waals surface area contributed by atoms with Crippen molar-refractivity contribution in [1.29, 1.82) is 0 Å². The van der Waals surface area contributed by atoms with Gasteiger partial charge in [0.1, 0.15) is 17.8 Å². The smallest absolute Gasteiger partial charge is 0.325 e. The van der Waals surface area contributed by atoms with Crippen LogP contribution in [0.2, 0.25) is 0 Å². The maximum atomic E-state index is 12.9. The molecule has 3 rings (SSSR count). The molecule has 28 heavy (non-hydrogen) atoms. The van der Waals surface area contributed by atoms with Gasteiger partial charge < -0.3 is 19.9 Å². The van der Waals surface area contributed by atoms with Crippen molar-refractivity contribution < 1.29 is 19.1 Å². The summed E-state index contributed by atoms with van der Waals surface area (Å²) in [7, 11) is 3.25. The zero-order chi connectivity index (χ0) is 20.5. The fraction of sp³-hybridized carbons (Fsp3) is 0.353. The average Bonchev–Trinajstić information content (AvgIpc) is 3.12. The van der Waals surface area contributed by atoms with E-state index in [1.165, 1.54) is 7.11 Å². The van der Waals surface area contributed by atoms with Crippen LogP contribution in [0.25, 0.3) is 0 Å². The molecule has 2 heterocycles. The highest BCUT2D eigenvalue weighted by molar-refractivity contribution is 7.71. The van der Waals surface area contributed by atoms with Crippen molar-refractivity contribution in [2.75, 3.05) is 13.7 Å². The lowest BCUT2D eigenvalue weighted by molar-refractivity contribution is -0.134. The molecule has 1 fully saturated rings. The molecule has 0 aliphatic carbocycles. The fourth-order valence-corrected chi connectivity index (χ4v) is 3.03. The number of nitrogens with one attached hydrogen (secondary N) is 3. The lowest BCUT2D eigenvalue weighted by Crippen LogP contribution is -2.43. The summed E-state index contributed by atoms with van der Waals surface area (Å²) >= 11 is 5.01. The summed E-state index contributed by atoms with van der Waals surface area (Å²) < 4.78 is 7.15. The summed E-state index contributed by atoms with van der Waals surface area (Å²) in [5.74, 6) is 0.167. The molecule has 1 saturated heterocycles. The van der Waals surface area contributed by atoms with E-state index in [-0.39, 0.29) is 6.54 Å². The van der Waals surface area contributed by atoms with Crippen LogP contribution in [0.4, 0.5) is 4.79 Å². The number of methoxy groups -OCH3 is 1. The molecule has 0 saturated carbocycles. The van der Waals surface area contributed by atoms with Crippen LogP contribution in [0.3, 0.4) is 0 Å². The second kappa shape index (κ2) is 7.43. The van der Waals surface area contributed by atoms with Gasteiger partial charge in [0.05, 0.1) is 13.7 Å². The minimum absolute atomic E-state index is 0.113. The third kappa shape index (κ3) is 3.48. The van der Waals surface area contributed by atoms with Gasteiger partial charge >= 0.3 is 6.03 Å². The number of nitrogens with zero attached hydrogens (tertiary/aromatic N) is 3. The number of H-pyrrole nitrogens is 1. The van der Waals surface area contributed by atoms with Crippen LogP contribution in [0.1, 0.15) is 18.3 Å². The largest absolute Gasteiger partial charge is 0.497 e. The number of carbonyl (C=O) groups is 3. The highest BCUT2D eigenvalue weighted by atomic mass is 32.1. The fourth-order valence-electron chi connectivity index (χ4n) is 2.88. The van der Waals surface area contributed by atoms with Crippen molar-refractivity contribution >= 4 is 30.1 Å². The van der Waals surface area contributed by atoms with Crippen molar-refractivity contribution in [3.63, 3.8) is 0 Å². The highest BCUT2D eigenvalue weighted by Crippen LogP contribution is 2.29. The van der Waals surface area contributed by atoms with E-state index in [2.05, 4.69) is 20.8 Å². The lowest BCUT2D eigenvalue weighted by Gasteiger charge is -2.22. The number of carbonyl (C=O) groups excluding carboxylic acids is 3. The van der Waals surface area contributed by atoms with E-state index in [4.69, 9.17) is 17.0 Å².